The Bertz CT molecular complexity index is 701. The molecule has 0 aromatic heterocycles. The zero-order chi connectivity index (χ0) is 16.3. The van der Waals surface area contributed by atoms with Gasteiger partial charge in [-0.15, -0.1) is 13.2 Å². The molecule has 0 radical (unpaired) electrons. The van der Waals surface area contributed by atoms with Crippen LogP contribution in [0.15, 0.2) is 42.5 Å². The van der Waals surface area contributed by atoms with Crippen molar-refractivity contribution in [2.75, 3.05) is 0 Å². The van der Waals surface area contributed by atoms with Crippen LogP contribution >= 0.6 is 0 Å². The summed E-state index contributed by atoms with van der Waals surface area (Å²) in [4.78, 5) is 10.1. The lowest BCUT2D eigenvalue weighted by Crippen LogP contribution is -2.17. The van der Waals surface area contributed by atoms with Gasteiger partial charge in [0.15, 0.2) is 0 Å². The molecule has 0 saturated carbocycles. The van der Waals surface area contributed by atoms with Gasteiger partial charge in [0.25, 0.3) is 5.69 Å². The molecule has 0 bridgehead atoms. The number of alkyl halides is 3. The molecule has 0 aliphatic heterocycles. The normalized spacial score (nSPS) is 11.3. The maximum Gasteiger partial charge on any atom is 0.573 e. The molecule has 0 spiro atoms. The average Bonchev–Trinajstić information content (AvgIpc) is 2.46. The summed E-state index contributed by atoms with van der Waals surface area (Å²) in [5, 5.41) is 19.9. The highest BCUT2D eigenvalue weighted by Crippen LogP contribution is 2.35. The van der Waals surface area contributed by atoms with E-state index >= 15 is 0 Å². The molecule has 0 aliphatic carbocycles. The molecule has 0 amide bonds. The summed E-state index contributed by atoms with van der Waals surface area (Å²) in [5.74, 6) is -0.495. The van der Waals surface area contributed by atoms with Crippen molar-refractivity contribution in [3.05, 3.63) is 58.1 Å². The lowest BCUT2D eigenvalue weighted by molar-refractivity contribution is -0.384. The van der Waals surface area contributed by atoms with Gasteiger partial charge in [-0.1, -0.05) is 18.2 Å². The number of aliphatic hydroxyl groups excluding tert-OH is 1. The smallest absolute Gasteiger partial charge is 0.405 e. The molecule has 0 saturated heterocycles. The SMILES string of the molecule is O=[N+]([O-])c1cccc(-c2cc(CO)ccc2OC(F)(F)F)c1. The monoisotopic (exact) mass is 313 g/mol. The Labute approximate surface area is 122 Å². The van der Waals surface area contributed by atoms with Gasteiger partial charge in [-0.25, -0.2) is 0 Å². The maximum atomic E-state index is 12.4. The molecule has 1 N–H and O–H groups in total. The summed E-state index contributed by atoms with van der Waals surface area (Å²) in [6, 6.07) is 8.78. The highest BCUT2D eigenvalue weighted by Gasteiger charge is 2.32. The Morgan fingerprint density at radius 1 is 1.18 bits per heavy atom. The summed E-state index contributed by atoms with van der Waals surface area (Å²) >= 11 is 0. The van der Waals surface area contributed by atoms with Gasteiger partial charge in [0.1, 0.15) is 5.75 Å². The quantitative estimate of drug-likeness (QED) is 0.690. The number of hydrogen-bond acceptors (Lipinski definition) is 4. The fourth-order valence-corrected chi connectivity index (χ4v) is 1.90. The molecule has 0 fully saturated rings. The number of halogens is 3. The van der Waals surface area contributed by atoms with Gasteiger partial charge >= 0.3 is 6.36 Å². The molecule has 2 aromatic carbocycles. The van der Waals surface area contributed by atoms with Gasteiger partial charge in [-0.3, -0.25) is 10.1 Å². The van der Waals surface area contributed by atoms with Crippen molar-refractivity contribution in [1.29, 1.82) is 0 Å². The van der Waals surface area contributed by atoms with Gasteiger partial charge in [0, 0.05) is 17.7 Å². The van der Waals surface area contributed by atoms with Crippen molar-refractivity contribution in [3.63, 3.8) is 0 Å². The van der Waals surface area contributed by atoms with Crippen LogP contribution in [-0.4, -0.2) is 16.4 Å². The Hall–Kier alpha value is -2.61. The van der Waals surface area contributed by atoms with Crippen LogP contribution in [0.1, 0.15) is 5.56 Å². The lowest BCUT2D eigenvalue weighted by Gasteiger charge is -2.14. The second kappa shape index (κ2) is 6.02. The maximum absolute atomic E-state index is 12.4. The molecule has 8 heteroatoms. The third-order valence-electron chi connectivity index (χ3n) is 2.82. The van der Waals surface area contributed by atoms with Crippen LogP contribution in [0.25, 0.3) is 11.1 Å². The van der Waals surface area contributed by atoms with Crippen LogP contribution in [0, 0.1) is 10.1 Å². The zero-order valence-corrected chi connectivity index (χ0v) is 11.0. The van der Waals surface area contributed by atoms with Crippen molar-refractivity contribution in [3.8, 4) is 16.9 Å². The minimum absolute atomic E-state index is 0.00701. The Morgan fingerprint density at radius 3 is 2.50 bits per heavy atom. The molecule has 0 atom stereocenters. The summed E-state index contributed by atoms with van der Waals surface area (Å²) in [6.45, 7) is -0.381. The van der Waals surface area contributed by atoms with Crippen LogP contribution in [0.2, 0.25) is 0 Å². The Kier molecular flexibility index (Phi) is 4.32. The third kappa shape index (κ3) is 3.73. The molecular formula is C14H10F3NO4. The van der Waals surface area contributed by atoms with E-state index in [0.29, 0.717) is 5.56 Å². The van der Waals surface area contributed by atoms with Crippen LogP contribution in [0.4, 0.5) is 18.9 Å². The number of aliphatic hydroxyl groups is 1. The van der Waals surface area contributed by atoms with Crippen LogP contribution in [0.5, 0.6) is 5.75 Å². The fourth-order valence-electron chi connectivity index (χ4n) is 1.90. The minimum atomic E-state index is -4.89. The van der Waals surface area contributed by atoms with E-state index in [2.05, 4.69) is 4.74 Å². The number of nitro groups is 1. The van der Waals surface area contributed by atoms with Crippen molar-refractivity contribution in [2.24, 2.45) is 0 Å². The highest BCUT2D eigenvalue weighted by atomic mass is 19.4. The van der Waals surface area contributed by atoms with E-state index in [4.69, 9.17) is 5.11 Å². The van der Waals surface area contributed by atoms with Crippen molar-refractivity contribution in [1.82, 2.24) is 0 Å². The first-order chi connectivity index (χ1) is 10.3. The first-order valence-electron chi connectivity index (χ1n) is 6.04. The molecule has 22 heavy (non-hydrogen) atoms. The van der Waals surface area contributed by atoms with Crippen molar-refractivity contribution < 1.29 is 27.9 Å². The second-order valence-corrected chi connectivity index (χ2v) is 4.34. The van der Waals surface area contributed by atoms with E-state index in [1.54, 1.807) is 0 Å². The van der Waals surface area contributed by atoms with Gasteiger partial charge < -0.3 is 9.84 Å². The lowest BCUT2D eigenvalue weighted by atomic mass is 10.0. The molecule has 5 nitrogen and oxygen atoms in total. The van der Waals surface area contributed by atoms with Gasteiger partial charge in [-0.2, -0.15) is 0 Å². The van der Waals surface area contributed by atoms with Crippen LogP contribution in [0.3, 0.4) is 0 Å². The van der Waals surface area contributed by atoms with E-state index in [1.165, 1.54) is 30.3 Å². The van der Waals surface area contributed by atoms with E-state index in [1.807, 2.05) is 0 Å². The molecule has 2 rings (SSSR count). The topological polar surface area (TPSA) is 72.6 Å². The molecule has 0 heterocycles. The van der Waals surface area contributed by atoms with Crippen molar-refractivity contribution >= 4 is 5.69 Å². The largest absolute Gasteiger partial charge is 0.573 e. The fraction of sp³-hybridized carbons (Fsp3) is 0.143. The predicted octanol–water partition coefficient (Wildman–Crippen LogP) is 3.65. The number of non-ortho nitro benzene ring substituents is 1. The number of hydrogen-bond donors (Lipinski definition) is 1. The predicted molar refractivity (Wildman–Crippen MR) is 71.1 cm³/mol. The Balaban J connectivity index is 2.56. The first-order valence-corrected chi connectivity index (χ1v) is 6.04. The first kappa shape index (κ1) is 15.8. The van der Waals surface area contributed by atoms with Crippen molar-refractivity contribution in [2.45, 2.75) is 13.0 Å². The van der Waals surface area contributed by atoms with E-state index in [0.717, 1.165) is 12.1 Å². The standard InChI is InChI=1S/C14H10F3NO4/c15-14(16,17)22-13-5-4-9(8-19)6-12(13)10-2-1-3-11(7-10)18(20)21/h1-7,19H,8H2. The third-order valence-corrected chi connectivity index (χ3v) is 2.82. The number of nitro benzene ring substituents is 1. The molecular weight excluding hydrogens is 303 g/mol. The summed E-state index contributed by atoms with van der Waals surface area (Å²) in [6.07, 6.45) is -4.89. The summed E-state index contributed by atoms with van der Waals surface area (Å²) in [7, 11) is 0. The molecule has 2 aromatic rings. The molecule has 116 valence electrons. The number of rotatable bonds is 4. The number of ether oxygens (including phenoxy) is 1. The van der Waals surface area contributed by atoms with Crippen LogP contribution < -0.4 is 4.74 Å². The molecule has 0 unspecified atom stereocenters. The van der Waals surface area contributed by atoms with Gasteiger partial charge in [-0.05, 0) is 23.3 Å². The van der Waals surface area contributed by atoms with Gasteiger partial charge in [0.05, 0.1) is 11.5 Å². The molecule has 0 aliphatic rings. The van der Waals surface area contributed by atoms with Crippen LogP contribution in [-0.2, 0) is 6.61 Å². The van der Waals surface area contributed by atoms with Gasteiger partial charge in [0.2, 0.25) is 0 Å². The number of nitrogens with zero attached hydrogens (tertiary/aromatic N) is 1. The summed E-state index contributed by atoms with van der Waals surface area (Å²) < 4.78 is 41.3. The van der Waals surface area contributed by atoms with E-state index in [-0.39, 0.29) is 23.4 Å². The average molecular weight is 313 g/mol. The number of benzene rings is 2. The minimum Gasteiger partial charge on any atom is -0.405 e. The van der Waals surface area contributed by atoms with E-state index < -0.39 is 17.0 Å². The Morgan fingerprint density at radius 2 is 1.91 bits per heavy atom. The van der Waals surface area contributed by atoms with E-state index in [9.17, 15) is 23.3 Å². The second-order valence-electron chi connectivity index (χ2n) is 4.34. The summed E-state index contributed by atoms with van der Waals surface area (Å²) in [5.41, 5.74) is 0.289. The zero-order valence-electron chi connectivity index (χ0n) is 11.0. The highest BCUT2D eigenvalue weighted by molar-refractivity contribution is 5.73.